The van der Waals surface area contributed by atoms with Gasteiger partial charge in [0.15, 0.2) is 0 Å². The highest BCUT2D eigenvalue weighted by Crippen LogP contribution is 2.29. The van der Waals surface area contributed by atoms with Crippen LogP contribution in [-0.4, -0.2) is 50.5 Å². The van der Waals surface area contributed by atoms with E-state index in [2.05, 4.69) is 10.6 Å². The lowest BCUT2D eigenvalue weighted by Gasteiger charge is -2.27. The van der Waals surface area contributed by atoms with Gasteiger partial charge in [-0.15, -0.1) is 0 Å². The lowest BCUT2D eigenvalue weighted by Crippen LogP contribution is -2.49. The minimum atomic E-state index is -0.304. The van der Waals surface area contributed by atoms with Crippen molar-refractivity contribution in [1.82, 2.24) is 10.6 Å². The molecule has 16 heavy (non-hydrogen) atoms. The van der Waals surface area contributed by atoms with Crippen molar-refractivity contribution in [1.29, 1.82) is 0 Å². The van der Waals surface area contributed by atoms with Crippen molar-refractivity contribution in [3.05, 3.63) is 0 Å². The van der Waals surface area contributed by atoms with Gasteiger partial charge in [-0.25, -0.2) is 0 Å². The number of nitrogens with one attached hydrogen (secondary N) is 2. The summed E-state index contributed by atoms with van der Waals surface area (Å²) in [5.41, 5.74) is -0.304. The summed E-state index contributed by atoms with van der Waals surface area (Å²) in [5, 5.41) is 15.2. The average Bonchev–Trinajstić information content (AvgIpc) is 2.78. The Morgan fingerprint density at radius 1 is 1.69 bits per heavy atom. The third-order valence-electron chi connectivity index (χ3n) is 3.33. The second-order valence-corrected chi connectivity index (χ2v) is 4.37. The van der Waals surface area contributed by atoms with Crippen molar-refractivity contribution in [3.8, 4) is 0 Å². The molecule has 3 N–H and O–H groups in total. The van der Waals surface area contributed by atoms with E-state index >= 15 is 0 Å². The Hall–Kier alpha value is -0.650. The lowest BCUT2D eigenvalue weighted by molar-refractivity contribution is -0.131. The Balaban J connectivity index is 2.54. The van der Waals surface area contributed by atoms with Gasteiger partial charge in [-0.05, 0) is 19.4 Å². The Kier molecular flexibility index (Phi) is 5.18. The van der Waals surface area contributed by atoms with E-state index in [4.69, 9.17) is 9.84 Å². The first-order chi connectivity index (χ1) is 7.68. The van der Waals surface area contributed by atoms with Gasteiger partial charge in [0, 0.05) is 13.7 Å². The molecule has 1 heterocycles. The minimum absolute atomic E-state index is 0.0242. The number of methoxy groups -OCH3 is 1. The van der Waals surface area contributed by atoms with Crippen LogP contribution >= 0.6 is 0 Å². The number of rotatable bonds is 6. The van der Waals surface area contributed by atoms with E-state index in [0.29, 0.717) is 6.61 Å². The maximum absolute atomic E-state index is 12.1. The molecule has 0 aromatic rings. The topological polar surface area (TPSA) is 70.6 Å². The van der Waals surface area contributed by atoms with E-state index in [1.165, 1.54) is 0 Å². The Morgan fingerprint density at radius 2 is 2.44 bits per heavy atom. The van der Waals surface area contributed by atoms with Crippen LogP contribution in [0.25, 0.3) is 0 Å². The van der Waals surface area contributed by atoms with Crippen molar-refractivity contribution >= 4 is 5.91 Å². The summed E-state index contributed by atoms with van der Waals surface area (Å²) < 4.78 is 4.93. The minimum Gasteiger partial charge on any atom is -0.394 e. The predicted molar refractivity (Wildman–Crippen MR) is 61.1 cm³/mol. The number of ether oxygens (including phenoxy) is 1. The molecule has 1 rings (SSSR count). The molecule has 0 aliphatic carbocycles. The average molecular weight is 230 g/mol. The second kappa shape index (κ2) is 6.18. The van der Waals surface area contributed by atoms with Crippen LogP contribution in [0, 0.1) is 5.41 Å². The molecule has 5 heteroatoms. The number of amides is 1. The molecule has 1 fully saturated rings. The summed E-state index contributed by atoms with van der Waals surface area (Å²) in [7, 11) is 1.56. The van der Waals surface area contributed by atoms with Gasteiger partial charge < -0.3 is 20.5 Å². The molecule has 0 radical (unpaired) electrons. The van der Waals surface area contributed by atoms with Gasteiger partial charge in [-0.1, -0.05) is 6.92 Å². The fourth-order valence-corrected chi connectivity index (χ4v) is 2.08. The SMILES string of the molecule is CCC1(C(=O)NC(CO)COC)CCNC1. The first-order valence-electron chi connectivity index (χ1n) is 5.80. The number of carbonyl (C=O) groups excluding carboxylic acids is 1. The van der Waals surface area contributed by atoms with Gasteiger partial charge >= 0.3 is 0 Å². The fourth-order valence-electron chi connectivity index (χ4n) is 2.08. The smallest absolute Gasteiger partial charge is 0.227 e. The molecule has 0 saturated carbocycles. The molecule has 5 nitrogen and oxygen atoms in total. The van der Waals surface area contributed by atoms with Crippen molar-refractivity contribution in [2.45, 2.75) is 25.8 Å². The third kappa shape index (κ3) is 2.93. The van der Waals surface area contributed by atoms with Crippen LogP contribution in [-0.2, 0) is 9.53 Å². The molecule has 0 aromatic carbocycles. The predicted octanol–water partition coefficient (Wildman–Crippen LogP) is -0.500. The van der Waals surface area contributed by atoms with Gasteiger partial charge in [0.05, 0.1) is 24.7 Å². The van der Waals surface area contributed by atoms with Crippen LogP contribution in [0.4, 0.5) is 0 Å². The number of hydrogen-bond donors (Lipinski definition) is 3. The van der Waals surface area contributed by atoms with Crippen molar-refractivity contribution in [3.63, 3.8) is 0 Å². The van der Waals surface area contributed by atoms with Crippen LogP contribution in [0.2, 0.25) is 0 Å². The molecule has 2 atom stereocenters. The lowest BCUT2D eigenvalue weighted by atomic mass is 9.83. The van der Waals surface area contributed by atoms with Crippen LogP contribution in [0.5, 0.6) is 0 Å². The molecular formula is C11H22N2O3. The maximum Gasteiger partial charge on any atom is 0.227 e. The maximum atomic E-state index is 12.1. The standard InChI is InChI=1S/C11H22N2O3/c1-3-11(4-5-12-8-11)10(15)13-9(6-14)7-16-2/h9,12,14H,3-8H2,1-2H3,(H,13,15). The summed E-state index contributed by atoms with van der Waals surface area (Å²) in [6.07, 6.45) is 1.68. The zero-order chi connectivity index (χ0) is 12.0. The van der Waals surface area contributed by atoms with Crippen LogP contribution in [0.3, 0.4) is 0 Å². The van der Waals surface area contributed by atoms with Crippen molar-refractivity contribution < 1.29 is 14.6 Å². The summed E-state index contributed by atoms with van der Waals surface area (Å²) >= 11 is 0. The molecule has 2 unspecified atom stereocenters. The number of aliphatic hydroxyl groups excluding tert-OH is 1. The van der Waals surface area contributed by atoms with E-state index in [1.807, 2.05) is 6.92 Å². The van der Waals surface area contributed by atoms with Gasteiger partial charge in [0.1, 0.15) is 0 Å². The zero-order valence-corrected chi connectivity index (χ0v) is 10.1. The molecule has 0 bridgehead atoms. The largest absolute Gasteiger partial charge is 0.394 e. The highest BCUT2D eigenvalue weighted by Gasteiger charge is 2.39. The van der Waals surface area contributed by atoms with Crippen molar-refractivity contribution in [2.75, 3.05) is 33.4 Å². The number of hydrogen-bond acceptors (Lipinski definition) is 4. The van der Waals surface area contributed by atoms with Crippen LogP contribution in [0.15, 0.2) is 0 Å². The third-order valence-corrected chi connectivity index (χ3v) is 3.33. The van der Waals surface area contributed by atoms with E-state index in [0.717, 1.165) is 25.9 Å². The van der Waals surface area contributed by atoms with E-state index in [9.17, 15) is 4.79 Å². The summed E-state index contributed by atoms with van der Waals surface area (Å²) in [5.74, 6) is 0.0242. The molecule has 1 amide bonds. The number of carbonyl (C=O) groups is 1. The monoisotopic (exact) mass is 230 g/mol. The van der Waals surface area contributed by atoms with Gasteiger partial charge in [-0.3, -0.25) is 4.79 Å². The number of aliphatic hydroxyl groups is 1. The van der Waals surface area contributed by atoms with Crippen molar-refractivity contribution in [2.24, 2.45) is 5.41 Å². The molecule has 0 aromatic heterocycles. The normalized spacial score (nSPS) is 26.7. The van der Waals surface area contributed by atoms with E-state index in [1.54, 1.807) is 7.11 Å². The van der Waals surface area contributed by atoms with E-state index < -0.39 is 0 Å². The molecular weight excluding hydrogens is 208 g/mol. The van der Waals surface area contributed by atoms with Gasteiger partial charge in [0.25, 0.3) is 0 Å². The highest BCUT2D eigenvalue weighted by molar-refractivity contribution is 5.83. The van der Waals surface area contributed by atoms with Gasteiger partial charge in [0.2, 0.25) is 5.91 Å². The second-order valence-electron chi connectivity index (χ2n) is 4.37. The summed E-state index contributed by atoms with van der Waals surface area (Å²) in [6.45, 7) is 3.88. The fraction of sp³-hybridized carbons (Fsp3) is 0.909. The molecule has 1 aliphatic heterocycles. The molecule has 1 saturated heterocycles. The first kappa shape index (κ1) is 13.4. The summed E-state index contributed by atoms with van der Waals surface area (Å²) in [4.78, 5) is 12.1. The molecule has 94 valence electrons. The van der Waals surface area contributed by atoms with Crippen LogP contribution < -0.4 is 10.6 Å². The first-order valence-corrected chi connectivity index (χ1v) is 5.80. The molecule has 0 spiro atoms. The Labute approximate surface area is 96.6 Å². The van der Waals surface area contributed by atoms with Gasteiger partial charge in [-0.2, -0.15) is 0 Å². The quantitative estimate of drug-likeness (QED) is 0.575. The van der Waals surface area contributed by atoms with Crippen LogP contribution in [0.1, 0.15) is 19.8 Å². The summed E-state index contributed by atoms with van der Waals surface area (Å²) in [6, 6.07) is -0.304. The van der Waals surface area contributed by atoms with E-state index in [-0.39, 0.29) is 24.0 Å². The highest BCUT2D eigenvalue weighted by atomic mass is 16.5. The zero-order valence-electron chi connectivity index (χ0n) is 10.1. The Morgan fingerprint density at radius 3 is 2.88 bits per heavy atom. The molecule has 1 aliphatic rings. The Bertz CT molecular complexity index is 227.